The van der Waals surface area contributed by atoms with Crippen LogP contribution in [-0.4, -0.2) is 0 Å². The Kier molecular flexibility index (Phi) is 10700. The van der Waals surface area contributed by atoms with Crippen LogP contribution < -0.4 is 29.6 Å². The minimum atomic E-state index is 0. The summed E-state index contributed by atoms with van der Waals surface area (Å²) >= 11 is 0. The molecule has 0 aromatic rings. The van der Waals surface area contributed by atoms with Gasteiger partial charge in [-0.1, -0.05) is 0 Å². The third-order valence-electron chi connectivity index (χ3n) is 0. The fourth-order valence-electron chi connectivity index (χ4n) is 0. The second-order valence-electron chi connectivity index (χ2n) is 0. The maximum Gasteiger partial charge on any atom is 2.00 e. The van der Waals surface area contributed by atoms with Gasteiger partial charge in [0.1, 0.15) is 0 Å². The van der Waals surface area contributed by atoms with E-state index in [-0.39, 0.29) is 63.1 Å². The predicted molar refractivity (Wildman–Crippen MR) is 29.8 cm³/mol. The molecule has 0 atom stereocenters. The predicted octanol–water partition coefficient (Wildman–Crippen LogP) is -2.42. The zero-order valence-electron chi connectivity index (χ0n) is 7.35. The summed E-state index contributed by atoms with van der Waals surface area (Å²) in [6.45, 7) is 28.5. The van der Waals surface area contributed by atoms with Crippen molar-refractivity contribution < 1.29 is 63.1 Å². The summed E-state index contributed by atoms with van der Waals surface area (Å²) in [7, 11) is 0. The van der Waals surface area contributed by atoms with E-state index in [9.17, 15) is 0 Å². The molecule has 0 N–H and O–H groups in total. The van der Waals surface area contributed by atoms with Gasteiger partial charge in [0.05, 0.1) is 0 Å². The molecule has 6 nitrogen and oxygen atoms in total. The van der Waals surface area contributed by atoms with Gasteiger partial charge < -0.3 is 71.0 Å². The number of nitrogens with zero attached hydrogens (tertiary/aromatic N) is 6. The molecular formula is C6FeN6NaNi-. The molecule has 0 bridgehead atoms. The largest absolute Gasteiger partial charge is 2.00 e. The van der Waals surface area contributed by atoms with Gasteiger partial charge in [0.2, 0.25) is 0 Å². The molecule has 15 heavy (non-hydrogen) atoms. The second-order valence-corrected chi connectivity index (χ2v) is 0. The molecule has 0 heterocycles. The maximum atomic E-state index is 6.25. The van der Waals surface area contributed by atoms with Crippen molar-refractivity contribution >= 4 is 0 Å². The molecule has 0 rings (SSSR count). The Morgan fingerprint density at radius 2 is 0.400 bits per heavy atom. The summed E-state index contributed by atoms with van der Waals surface area (Å²) in [4.78, 5) is 0. The molecule has 74 valence electrons. The van der Waals surface area contributed by atoms with Gasteiger partial charge in [0.25, 0.3) is 0 Å². The van der Waals surface area contributed by atoms with Gasteiger partial charge in [-0.05, 0) is 0 Å². The van der Waals surface area contributed by atoms with Crippen LogP contribution in [0.2, 0.25) is 0 Å². The van der Waals surface area contributed by atoms with Crippen molar-refractivity contribution in [2.75, 3.05) is 0 Å². The third kappa shape index (κ3) is 1420. The molecule has 0 spiro atoms. The fraction of sp³-hybridized carbons (Fsp3) is 0. The van der Waals surface area contributed by atoms with Gasteiger partial charge in [0.15, 0.2) is 0 Å². The van der Waals surface area contributed by atoms with E-state index in [0.29, 0.717) is 0 Å². The van der Waals surface area contributed by atoms with Crippen molar-refractivity contribution in [1.82, 2.24) is 0 Å². The summed E-state index contributed by atoms with van der Waals surface area (Å²) in [6.07, 6.45) is 0. The summed E-state index contributed by atoms with van der Waals surface area (Å²) < 4.78 is 0. The van der Waals surface area contributed by atoms with E-state index in [0.717, 1.165) is 0 Å². The summed E-state index contributed by atoms with van der Waals surface area (Å²) in [5.74, 6) is 0. The molecule has 0 aromatic carbocycles. The van der Waals surface area contributed by atoms with Crippen LogP contribution in [0, 0.1) is 71.0 Å². The Morgan fingerprint density at radius 3 is 0.400 bits per heavy atom. The number of rotatable bonds is 0. The van der Waals surface area contributed by atoms with Gasteiger partial charge in [-0.15, -0.1) is 0 Å². The molecule has 0 aliphatic rings. The summed E-state index contributed by atoms with van der Waals surface area (Å²) in [5, 5.41) is 37.5. The van der Waals surface area contributed by atoms with Crippen LogP contribution in [0.15, 0.2) is 0 Å². The first kappa shape index (κ1) is 95.4. The van der Waals surface area contributed by atoms with Gasteiger partial charge in [-0.25, -0.2) is 0 Å². The van der Waals surface area contributed by atoms with Crippen molar-refractivity contribution in [2.45, 2.75) is 0 Å². The summed E-state index contributed by atoms with van der Waals surface area (Å²) in [5.41, 5.74) is 0. The van der Waals surface area contributed by atoms with Crippen molar-refractivity contribution in [1.29, 1.82) is 31.6 Å². The molecule has 0 saturated heterocycles. The van der Waals surface area contributed by atoms with Gasteiger partial charge in [-0.3, -0.25) is 0 Å². The third-order valence-corrected chi connectivity index (χ3v) is 0. The molecule has 0 radical (unpaired) electrons. The van der Waals surface area contributed by atoms with E-state index in [4.69, 9.17) is 71.0 Å². The first-order chi connectivity index (χ1) is 6.00. The molecule has 0 aromatic heterocycles. The molecule has 0 saturated carbocycles. The molecule has 0 unspecified atom stereocenters. The van der Waals surface area contributed by atoms with Crippen LogP contribution >= 0.6 is 0 Å². The zero-order chi connectivity index (χ0) is 12.0. The molecule has 0 fully saturated rings. The first-order valence-electron chi connectivity index (χ1n) is 1.34. The fourth-order valence-corrected chi connectivity index (χ4v) is 0. The topological polar surface area (TPSA) is 143 Å². The molecular weight excluding hydrogens is 294 g/mol. The van der Waals surface area contributed by atoms with Crippen LogP contribution in [-0.2, 0) is 33.6 Å². The van der Waals surface area contributed by atoms with Crippen LogP contribution in [0.1, 0.15) is 0 Å². The van der Waals surface area contributed by atoms with Gasteiger partial charge in [-0.2, -0.15) is 0 Å². The van der Waals surface area contributed by atoms with E-state index in [1.807, 2.05) is 0 Å². The monoisotopic (exact) mass is 293 g/mol. The Balaban J connectivity index is -0.00000000396. The Morgan fingerprint density at radius 1 is 0.400 bits per heavy atom. The van der Waals surface area contributed by atoms with E-state index in [1.54, 1.807) is 0 Å². The quantitative estimate of drug-likeness (QED) is 0.359. The molecule has 0 aliphatic carbocycles. The van der Waals surface area contributed by atoms with Crippen molar-refractivity contribution in [3.8, 4) is 0 Å². The maximum absolute atomic E-state index is 6.25. The average Bonchev–Trinajstić information content (AvgIpc) is 2.33. The molecule has 9 heteroatoms. The zero-order valence-corrected chi connectivity index (χ0v) is 11.4. The minimum absolute atomic E-state index is 0. The van der Waals surface area contributed by atoms with Crippen LogP contribution in [0.25, 0.3) is 0 Å². The summed E-state index contributed by atoms with van der Waals surface area (Å²) in [6, 6.07) is 0. The molecule has 0 aliphatic heterocycles. The SMILES string of the molecule is [C-]#N.[C-]#N.[C-]#N.[C-]#N.[C-]#N.[C-]#N.[Fe+2].[Na+].[Ni+2]. The number of hydrogen-bond acceptors (Lipinski definition) is 6. The normalized spacial score (nSPS) is 0.800. The Bertz CT molecular complexity index is 103. The van der Waals surface area contributed by atoms with E-state index in [2.05, 4.69) is 0 Å². The minimum Gasteiger partial charge on any atom is -0.512 e. The van der Waals surface area contributed by atoms with Crippen LogP contribution in [0.5, 0.6) is 0 Å². The van der Waals surface area contributed by atoms with E-state index in [1.165, 1.54) is 0 Å². The second kappa shape index (κ2) is 1690. The van der Waals surface area contributed by atoms with Crippen molar-refractivity contribution in [3.63, 3.8) is 0 Å². The molecule has 0 amide bonds. The van der Waals surface area contributed by atoms with Crippen LogP contribution in [0.4, 0.5) is 0 Å². The Labute approximate surface area is 133 Å². The van der Waals surface area contributed by atoms with Gasteiger partial charge in [0, 0.05) is 0 Å². The van der Waals surface area contributed by atoms with Crippen LogP contribution in [0.3, 0.4) is 0 Å². The van der Waals surface area contributed by atoms with Crippen molar-refractivity contribution in [2.24, 2.45) is 0 Å². The van der Waals surface area contributed by atoms with Gasteiger partial charge >= 0.3 is 63.1 Å². The smallest absolute Gasteiger partial charge is 0.512 e. The number of hydrogen-bond donors (Lipinski definition) is 0. The van der Waals surface area contributed by atoms with E-state index < -0.39 is 0 Å². The van der Waals surface area contributed by atoms with E-state index >= 15 is 0 Å². The Hall–Kier alpha value is -1.05. The first-order valence-corrected chi connectivity index (χ1v) is 1.34. The standard InChI is InChI=1S/6CN.Fe.Na.Ni/c6*1-2;;;/q6*-1;+2;+1;+2. The average molecular weight is 294 g/mol. The van der Waals surface area contributed by atoms with Crippen molar-refractivity contribution in [3.05, 3.63) is 39.4 Å².